The van der Waals surface area contributed by atoms with Gasteiger partial charge in [-0.25, -0.2) is 4.79 Å². The standard InChI is InChI=1S/C15H21N3O5/c1-22-12-4-3-11(13(17-12)23-2)9-16-15(21)18-7-5-10(6-8-18)14(19)20/h3-4,10H,5-9H2,1-2H3,(H,16,21)(H,19,20). The molecule has 1 aliphatic rings. The summed E-state index contributed by atoms with van der Waals surface area (Å²) >= 11 is 0. The number of likely N-dealkylation sites (tertiary alicyclic amines) is 1. The van der Waals surface area contributed by atoms with Gasteiger partial charge < -0.3 is 24.8 Å². The number of pyridine rings is 1. The summed E-state index contributed by atoms with van der Waals surface area (Å²) in [7, 11) is 3.02. The fourth-order valence-electron chi connectivity index (χ4n) is 2.49. The average Bonchev–Trinajstić information content (AvgIpc) is 2.59. The first-order valence-electron chi connectivity index (χ1n) is 7.38. The number of carbonyl (C=O) groups is 2. The third-order valence-corrected chi connectivity index (χ3v) is 3.88. The lowest BCUT2D eigenvalue weighted by molar-refractivity contribution is -0.143. The smallest absolute Gasteiger partial charge is 0.317 e. The molecule has 126 valence electrons. The van der Waals surface area contributed by atoms with Crippen molar-refractivity contribution in [3.05, 3.63) is 17.7 Å². The zero-order valence-electron chi connectivity index (χ0n) is 13.2. The molecule has 8 heteroatoms. The number of ether oxygens (including phenoxy) is 2. The van der Waals surface area contributed by atoms with Gasteiger partial charge in [-0.05, 0) is 18.9 Å². The maximum atomic E-state index is 12.2. The Kier molecular flexibility index (Phi) is 5.61. The average molecular weight is 323 g/mol. The minimum atomic E-state index is -0.792. The molecule has 1 aromatic rings. The van der Waals surface area contributed by atoms with E-state index in [0.29, 0.717) is 37.7 Å². The number of hydrogen-bond donors (Lipinski definition) is 2. The zero-order chi connectivity index (χ0) is 16.8. The number of aliphatic carboxylic acids is 1. The Morgan fingerprint density at radius 3 is 2.57 bits per heavy atom. The Hall–Kier alpha value is -2.51. The monoisotopic (exact) mass is 323 g/mol. The number of aromatic nitrogens is 1. The molecule has 0 aromatic carbocycles. The molecule has 23 heavy (non-hydrogen) atoms. The largest absolute Gasteiger partial charge is 0.481 e. The summed E-state index contributed by atoms with van der Waals surface area (Å²) in [6, 6.07) is 3.26. The fraction of sp³-hybridized carbons (Fsp3) is 0.533. The molecule has 0 radical (unpaired) electrons. The second kappa shape index (κ2) is 7.66. The van der Waals surface area contributed by atoms with Crippen LogP contribution in [0.1, 0.15) is 18.4 Å². The Bertz CT molecular complexity index is 570. The molecule has 0 aliphatic carbocycles. The Morgan fingerprint density at radius 2 is 2.00 bits per heavy atom. The first-order valence-corrected chi connectivity index (χ1v) is 7.38. The highest BCUT2D eigenvalue weighted by Gasteiger charge is 2.26. The second-order valence-corrected chi connectivity index (χ2v) is 5.28. The molecule has 0 unspecified atom stereocenters. The van der Waals surface area contributed by atoms with Gasteiger partial charge in [0, 0.05) is 31.3 Å². The molecule has 1 aliphatic heterocycles. The molecule has 2 rings (SSSR count). The summed E-state index contributed by atoms with van der Waals surface area (Å²) < 4.78 is 10.2. The van der Waals surface area contributed by atoms with E-state index in [-0.39, 0.29) is 18.5 Å². The number of piperidine rings is 1. The van der Waals surface area contributed by atoms with Crippen molar-refractivity contribution in [2.45, 2.75) is 19.4 Å². The lowest BCUT2D eigenvalue weighted by atomic mass is 9.97. The van der Waals surface area contributed by atoms with Gasteiger partial charge in [0.05, 0.1) is 20.1 Å². The first kappa shape index (κ1) is 16.9. The molecule has 0 atom stereocenters. The first-order chi connectivity index (χ1) is 11.0. The molecule has 0 saturated carbocycles. The summed E-state index contributed by atoms with van der Waals surface area (Å²) in [5.41, 5.74) is 0.738. The molecule has 1 aromatic heterocycles. The van der Waals surface area contributed by atoms with Crippen molar-refractivity contribution >= 4 is 12.0 Å². The van der Waals surface area contributed by atoms with Crippen LogP contribution >= 0.6 is 0 Å². The number of rotatable bonds is 5. The van der Waals surface area contributed by atoms with E-state index in [1.54, 1.807) is 17.0 Å². The van der Waals surface area contributed by atoms with Crippen LogP contribution < -0.4 is 14.8 Å². The van der Waals surface area contributed by atoms with E-state index in [1.165, 1.54) is 14.2 Å². The van der Waals surface area contributed by atoms with Gasteiger partial charge in [0.1, 0.15) is 0 Å². The predicted octanol–water partition coefficient (Wildman–Crippen LogP) is 1.10. The maximum absolute atomic E-state index is 12.2. The number of carbonyl (C=O) groups excluding carboxylic acids is 1. The number of nitrogens with one attached hydrogen (secondary N) is 1. The van der Waals surface area contributed by atoms with Crippen LogP contribution in [0.5, 0.6) is 11.8 Å². The molecule has 0 bridgehead atoms. The lowest BCUT2D eigenvalue weighted by Crippen LogP contribution is -2.45. The van der Waals surface area contributed by atoms with E-state index in [0.717, 1.165) is 5.56 Å². The van der Waals surface area contributed by atoms with E-state index in [4.69, 9.17) is 14.6 Å². The van der Waals surface area contributed by atoms with Gasteiger partial charge in [0.2, 0.25) is 11.8 Å². The van der Waals surface area contributed by atoms with Crippen molar-refractivity contribution in [1.29, 1.82) is 0 Å². The minimum Gasteiger partial charge on any atom is -0.481 e. The zero-order valence-corrected chi connectivity index (χ0v) is 13.2. The van der Waals surface area contributed by atoms with E-state index in [2.05, 4.69) is 10.3 Å². The highest BCUT2D eigenvalue weighted by Crippen LogP contribution is 2.20. The number of urea groups is 1. The second-order valence-electron chi connectivity index (χ2n) is 5.28. The van der Waals surface area contributed by atoms with Crippen LogP contribution in [0, 0.1) is 5.92 Å². The van der Waals surface area contributed by atoms with Crippen molar-refractivity contribution in [2.24, 2.45) is 5.92 Å². The topological polar surface area (TPSA) is 101 Å². The number of amides is 2. The third kappa shape index (κ3) is 4.24. The van der Waals surface area contributed by atoms with Crippen LogP contribution in [0.2, 0.25) is 0 Å². The summed E-state index contributed by atoms with van der Waals surface area (Å²) in [6.07, 6.45) is 0.965. The van der Waals surface area contributed by atoms with Crippen LogP contribution in [0.25, 0.3) is 0 Å². The highest BCUT2D eigenvalue weighted by atomic mass is 16.5. The van der Waals surface area contributed by atoms with Crippen molar-refractivity contribution in [3.8, 4) is 11.8 Å². The fourth-order valence-corrected chi connectivity index (χ4v) is 2.49. The number of carboxylic acid groups (broad SMARTS) is 1. The van der Waals surface area contributed by atoms with Crippen LogP contribution in [-0.2, 0) is 11.3 Å². The number of nitrogens with zero attached hydrogens (tertiary/aromatic N) is 2. The molecule has 1 fully saturated rings. The van der Waals surface area contributed by atoms with Gasteiger partial charge in [-0.1, -0.05) is 0 Å². The summed E-state index contributed by atoms with van der Waals surface area (Å²) in [4.78, 5) is 28.8. The molecular weight excluding hydrogens is 302 g/mol. The quantitative estimate of drug-likeness (QED) is 0.841. The molecule has 2 amide bonds. The van der Waals surface area contributed by atoms with E-state index >= 15 is 0 Å². The SMILES string of the molecule is COc1ccc(CNC(=O)N2CCC(C(=O)O)CC2)c(OC)n1. The molecular formula is C15H21N3O5. The van der Waals surface area contributed by atoms with Crippen LogP contribution in [0.3, 0.4) is 0 Å². The van der Waals surface area contributed by atoms with Crippen LogP contribution in [0.4, 0.5) is 4.79 Å². The van der Waals surface area contributed by atoms with E-state index in [9.17, 15) is 9.59 Å². The molecule has 0 spiro atoms. The molecule has 2 heterocycles. The van der Waals surface area contributed by atoms with E-state index < -0.39 is 5.97 Å². The lowest BCUT2D eigenvalue weighted by Gasteiger charge is -2.30. The number of hydrogen-bond acceptors (Lipinski definition) is 5. The molecule has 2 N–H and O–H groups in total. The van der Waals surface area contributed by atoms with Crippen molar-refractivity contribution < 1.29 is 24.2 Å². The highest BCUT2D eigenvalue weighted by molar-refractivity contribution is 5.75. The van der Waals surface area contributed by atoms with Gasteiger partial charge in [-0.3, -0.25) is 4.79 Å². The summed E-state index contributed by atoms with van der Waals surface area (Å²) in [5, 5.41) is 11.8. The van der Waals surface area contributed by atoms with Gasteiger partial charge >= 0.3 is 12.0 Å². The van der Waals surface area contributed by atoms with Gasteiger partial charge in [0.25, 0.3) is 0 Å². The number of methoxy groups -OCH3 is 2. The van der Waals surface area contributed by atoms with Crippen LogP contribution in [0.15, 0.2) is 12.1 Å². The maximum Gasteiger partial charge on any atom is 0.317 e. The molecule has 1 saturated heterocycles. The summed E-state index contributed by atoms with van der Waals surface area (Å²) in [6.45, 7) is 1.17. The Labute approximate surface area is 134 Å². The van der Waals surface area contributed by atoms with Crippen molar-refractivity contribution in [1.82, 2.24) is 15.2 Å². The normalized spacial score (nSPS) is 15.1. The molecule has 8 nitrogen and oxygen atoms in total. The van der Waals surface area contributed by atoms with Gasteiger partial charge in [-0.15, -0.1) is 0 Å². The number of carboxylic acids is 1. The van der Waals surface area contributed by atoms with Crippen molar-refractivity contribution in [2.75, 3.05) is 27.3 Å². The third-order valence-electron chi connectivity index (χ3n) is 3.88. The van der Waals surface area contributed by atoms with Gasteiger partial charge in [-0.2, -0.15) is 4.98 Å². The Morgan fingerprint density at radius 1 is 1.30 bits per heavy atom. The van der Waals surface area contributed by atoms with Gasteiger partial charge in [0.15, 0.2) is 0 Å². The minimum absolute atomic E-state index is 0.216. The Balaban J connectivity index is 1.89. The predicted molar refractivity (Wildman–Crippen MR) is 81.5 cm³/mol. The van der Waals surface area contributed by atoms with Crippen molar-refractivity contribution in [3.63, 3.8) is 0 Å². The summed E-state index contributed by atoms with van der Waals surface area (Å²) in [5.74, 6) is -0.314. The van der Waals surface area contributed by atoms with E-state index in [1.807, 2.05) is 0 Å². The van der Waals surface area contributed by atoms with Crippen LogP contribution in [-0.4, -0.2) is 54.3 Å².